The molecule has 3 nitrogen and oxygen atoms in total. The molecule has 2 aromatic rings. The highest BCUT2D eigenvalue weighted by molar-refractivity contribution is 6.30. The average molecular weight is 444 g/mol. The number of amides is 1. The molecule has 3 rings (SSSR count). The van der Waals surface area contributed by atoms with E-state index in [1.807, 2.05) is 56.3 Å². The highest BCUT2D eigenvalue weighted by atomic mass is 35.5. The third kappa shape index (κ3) is 4.34. The fraction of sp³-hybridized carbons (Fsp3) is 0.320. The number of hydrogen-bond acceptors (Lipinski definition) is 2. The monoisotopic (exact) mass is 443 g/mol. The highest BCUT2D eigenvalue weighted by Gasteiger charge is 2.49. The van der Waals surface area contributed by atoms with Crippen LogP contribution in [0, 0.1) is 5.41 Å². The van der Waals surface area contributed by atoms with Crippen LogP contribution in [0.3, 0.4) is 0 Å². The van der Waals surface area contributed by atoms with Crippen molar-refractivity contribution >= 4 is 29.1 Å². The number of aliphatic hydroxyl groups is 1. The third-order valence-electron chi connectivity index (χ3n) is 5.95. The summed E-state index contributed by atoms with van der Waals surface area (Å²) in [5.74, 6) is -0.0307. The minimum atomic E-state index is -0.638. The first-order valence-electron chi connectivity index (χ1n) is 10.1. The van der Waals surface area contributed by atoms with Gasteiger partial charge in [0.25, 0.3) is 0 Å². The number of likely N-dealkylation sites (tertiary alicyclic amines) is 1. The number of aliphatic hydroxyl groups excluding tert-OH is 1. The van der Waals surface area contributed by atoms with E-state index >= 15 is 0 Å². The number of carbonyl (C=O) groups excluding carboxylic acids is 1. The molecule has 1 aliphatic rings. The van der Waals surface area contributed by atoms with Gasteiger partial charge in [-0.2, -0.15) is 0 Å². The molecule has 1 saturated heterocycles. The molecule has 158 valence electrons. The Balaban J connectivity index is 2.24. The zero-order valence-electron chi connectivity index (χ0n) is 17.3. The Hall–Kier alpha value is -2.07. The van der Waals surface area contributed by atoms with Gasteiger partial charge in [-0.3, -0.25) is 4.79 Å². The largest absolute Gasteiger partial charge is 0.390 e. The first-order chi connectivity index (χ1) is 14.3. The second-order valence-corrected chi connectivity index (χ2v) is 8.90. The summed E-state index contributed by atoms with van der Waals surface area (Å²) in [6.45, 7) is 7.46. The van der Waals surface area contributed by atoms with E-state index in [9.17, 15) is 9.90 Å². The maximum Gasteiger partial charge on any atom is 0.233 e. The normalized spacial score (nSPS) is 24.8. The smallest absolute Gasteiger partial charge is 0.233 e. The molecule has 0 radical (unpaired) electrons. The van der Waals surface area contributed by atoms with Crippen molar-refractivity contribution in [3.05, 3.63) is 94.1 Å². The van der Waals surface area contributed by atoms with Crippen LogP contribution in [0.4, 0.5) is 0 Å². The van der Waals surface area contributed by atoms with Gasteiger partial charge in [0.2, 0.25) is 5.91 Å². The van der Waals surface area contributed by atoms with Gasteiger partial charge in [-0.15, -0.1) is 6.58 Å². The number of piperidine rings is 1. The summed E-state index contributed by atoms with van der Waals surface area (Å²) in [7, 11) is 0. The first kappa shape index (κ1) is 22.6. The zero-order valence-corrected chi connectivity index (χ0v) is 18.8. The SMILES string of the molecule is C=CC[C@@]1(C)C[C@H](c2cccc(Cl)c2)[C@@H](c2ccc(Cl)cc2)N(/C(=C/C)CO)C1=O. The van der Waals surface area contributed by atoms with E-state index in [1.165, 1.54) is 0 Å². The lowest BCUT2D eigenvalue weighted by atomic mass is 9.67. The van der Waals surface area contributed by atoms with Crippen molar-refractivity contribution in [2.75, 3.05) is 6.61 Å². The fourth-order valence-electron chi connectivity index (χ4n) is 4.46. The van der Waals surface area contributed by atoms with Crippen molar-refractivity contribution in [2.24, 2.45) is 5.41 Å². The summed E-state index contributed by atoms with van der Waals surface area (Å²) in [5, 5.41) is 11.4. The molecular weight excluding hydrogens is 417 g/mol. The molecule has 1 aliphatic heterocycles. The molecule has 0 unspecified atom stereocenters. The molecule has 1 amide bonds. The van der Waals surface area contributed by atoms with E-state index in [0.717, 1.165) is 11.1 Å². The molecule has 0 bridgehead atoms. The molecule has 1 heterocycles. The topological polar surface area (TPSA) is 40.5 Å². The lowest BCUT2D eigenvalue weighted by molar-refractivity contribution is -0.148. The lowest BCUT2D eigenvalue weighted by Gasteiger charge is -2.49. The van der Waals surface area contributed by atoms with E-state index in [0.29, 0.717) is 28.6 Å². The molecule has 3 atom stereocenters. The van der Waals surface area contributed by atoms with Crippen LogP contribution in [0.5, 0.6) is 0 Å². The van der Waals surface area contributed by atoms with E-state index < -0.39 is 5.41 Å². The quantitative estimate of drug-likeness (QED) is 0.515. The molecule has 5 heteroatoms. The Kier molecular flexibility index (Phi) is 7.07. The highest BCUT2D eigenvalue weighted by Crippen LogP contribution is 2.52. The van der Waals surface area contributed by atoms with Gasteiger partial charge in [0.15, 0.2) is 0 Å². The Labute approximate surface area is 188 Å². The maximum atomic E-state index is 13.8. The summed E-state index contributed by atoms with van der Waals surface area (Å²) in [5.41, 5.74) is 1.97. The van der Waals surface area contributed by atoms with Gasteiger partial charge >= 0.3 is 0 Å². The van der Waals surface area contributed by atoms with Crippen molar-refractivity contribution < 1.29 is 9.90 Å². The van der Waals surface area contributed by atoms with Gasteiger partial charge in [0.05, 0.1) is 18.1 Å². The van der Waals surface area contributed by atoms with Crippen LogP contribution < -0.4 is 0 Å². The Morgan fingerprint density at radius 3 is 2.47 bits per heavy atom. The molecule has 0 saturated carbocycles. The van der Waals surface area contributed by atoms with Gasteiger partial charge in [-0.25, -0.2) is 0 Å². The minimum Gasteiger partial charge on any atom is -0.390 e. The van der Waals surface area contributed by atoms with Crippen LogP contribution >= 0.6 is 23.2 Å². The van der Waals surface area contributed by atoms with Crippen molar-refractivity contribution in [1.29, 1.82) is 0 Å². The van der Waals surface area contributed by atoms with Crippen LogP contribution in [0.15, 0.2) is 73.0 Å². The van der Waals surface area contributed by atoms with Crippen LogP contribution in [0.1, 0.15) is 49.8 Å². The van der Waals surface area contributed by atoms with E-state index in [4.69, 9.17) is 23.2 Å². The molecule has 2 aromatic carbocycles. The summed E-state index contributed by atoms with van der Waals surface area (Å²) in [6, 6.07) is 15.1. The number of halogens is 2. The van der Waals surface area contributed by atoms with Crippen LogP contribution in [0.25, 0.3) is 0 Å². The van der Waals surface area contributed by atoms with Gasteiger partial charge in [-0.1, -0.05) is 66.5 Å². The molecular formula is C25H27Cl2NO2. The number of allylic oxidation sites excluding steroid dienone is 2. The molecule has 0 spiro atoms. The van der Waals surface area contributed by atoms with E-state index in [-0.39, 0.29) is 24.5 Å². The molecule has 1 N–H and O–H groups in total. The van der Waals surface area contributed by atoms with Crippen molar-refractivity contribution in [3.63, 3.8) is 0 Å². The van der Waals surface area contributed by atoms with Gasteiger partial charge in [-0.05, 0) is 55.2 Å². The first-order valence-corrected chi connectivity index (χ1v) is 10.8. The van der Waals surface area contributed by atoms with E-state index in [2.05, 4.69) is 12.6 Å². The second kappa shape index (κ2) is 9.38. The van der Waals surface area contributed by atoms with Crippen molar-refractivity contribution in [3.8, 4) is 0 Å². The van der Waals surface area contributed by atoms with Crippen LogP contribution in [0.2, 0.25) is 10.0 Å². The van der Waals surface area contributed by atoms with Gasteiger partial charge in [0.1, 0.15) is 0 Å². The summed E-state index contributed by atoms with van der Waals surface area (Å²) < 4.78 is 0. The average Bonchev–Trinajstić information content (AvgIpc) is 2.73. The lowest BCUT2D eigenvalue weighted by Crippen LogP contribution is -2.51. The van der Waals surface area contributed by atoms with Gasteiger partial charge in [0, 0.05) is 21.7 Å². The molecule has 0 aliphatic carbocycles. The van der Waals surface area contributed by atoms with E-state index in [1.54, 1.807) is 17.1 Å². The number of benzene rings is 2. The summed E-state index contributed by atoms with van der Waals surface area (Å²) in [6.07, 6.45) is 4.79. The van der Waals surface area contributed by atoms with Crippen molar-refractivity contribution in [1.82, 2.24) is 4.90 Å². The predicted octanol–water partition coefficient (Wildman–Crippen LogP) is 6.53. The number of hydrogen-bond donors (Lipinski definition) is 1. The Morgan fingerprint density at radius 2 is 1.90 bits per heavy atom. The predicted molar refractivity (Wildman–Crippen MR) is 124 cm³/mol. The zero-order chi connectivity index (χ0) is 21.9. The second-order valence-electron chi connectivity index (χ2n) is 8.03. The fourth-order valence-corrected chi connectivity index (χ4v) is 4.79. The van der Waals surface area contributed by atoms with Gasteiger partial charge < -0.3 is 10.0 Å². The van der Waals surface area contributed by atoms with Crippen LogP contribution in [-0.2, 0) is 4.79 Å². The standard InChI is InChI=1S/C25H27Cl2NO2/c1-4-13-25(3)15-22(18-7-6-8-20(27)14-18)23(17-9-11-19(26)12-10-17)28(24(25)30)21(5-2)16-29/h4-12,14,22-23,29H,1,13,15-16H2,2-3H3/b21-5+/t22-,23-,25+/m1/s1. The Bertz CT molecular complexity index is 954. The summed E-state index contributed by atoms with van der Waals surface area (Å²) in [4.78, 5) is 15.5. The maximum absolute atomic E-state index is 13.8. The number of carbonyl (C=O) groups is 1. The molecule has 1 fully saturated rings. The summed E-state index contributed by atoms with van der Waals surface area (Å²) >= 11 is 12.5. The minimum absolute atomic E-state index is 0.0113. The third-order valence-corrected chi connectivity index (χ3v) is 6.44. The number of nitrogens with zero attached hydrogens (tertiary/aromatic N) is 1. The van der Waals surface area contributed by atoms with Crippen molar-refractivity contribution in [2.45, 2.75) is 38.6 Å². The Morgan fingerprint density at radius 1 is 1.20 bits per heavy atom. The molecule has 30 heavy (non-hydrogen) atoms. The number of rotatable bonds is 6. The molecule has 0 aromatic heterocycles. The van der Waals surface area contributed by atoms with Crippen LogP contribution in [-0.4, -0.2) is 22.5 Å².